The number of hydrogen-bond acceptors (Lipinski definition) is 4. The molecule has 0 aromatic heterocycles. The lowest BCUT2D eigenvalue weighted by Crippen LogP contribution is -2.28. The predicted octanol–water partition coefficient (Wildman–Crippen LogP) is 3.27. The molecule has 0 aliphatic carbocycles. The molecule has 0 bridgehead atoms. The highest BCUT2D eigenvalue weighted by molar-refractivity contribution is 6.00. The van der Waals surface area contributed by atoms with Crippen LogP contribution >= 0.6 is 0 Å². The number of esters is 1. The second-order valence-electron chi connectivity index (χ2n) is 6.27. The standard InChI is InChI=1S/C20H21NO4/c1-13-8-9-14(2)16(10-13)21-12-15(11-19(21)22)20(23)25-18-7-5-4-6-17(18)24-3/h4-10,15H,11-12H2,1-3H3/t15-/m1/s1. The smallest absolute Gasteiger partial charge is 0.316 e. The Morgan fingerprint density at radius 1 is 1.12 bits per heavy atom. The van der Waals surface area contributed by atoms with Gasteiger partial charge in [-0.3, -0.25) is 9.59 Å². The van der Waals surface area contributed by atoms with Crippen LogP contribution in [0.2, 0.25) is 0 Å². The highest BCUT2D eigenvalue weighted by atomic mass is 16.6. The summed E-state index contributed by atoms with van der Waals surface area (Å²) in [5.41, 5.74) is 2.95. The van der Waals surface area contributed by atoms with Gasteiger partial charge in [0, 0.05) is 18.7 Å². The zero-order valence-corrected chi connectivity index (χ0v) is 14.6. The molecule has 1 saturated heterocycles. The lowest BCUT2D eigenvalue weighted by atomic mass is 10.1. The maximum atomic E-state index is 12.5. The molecule has 1 aliphatic heterocycles. The molecule has 5 heteroatoms. The van der Waals surface area contributed by atoms with Crippen LogP contribution in [0.4, 0.5) is 5.69 Å². The van der Waals surface area contributed by atoms with Crippen LogP contribution in [0, 0.1) is 19.8 Å². The largest absolute Gasteiger partial charge is 0.493 e. The van der Waals surface area contributed by atoms with Gasteiger partial charge in [-0.25, -0.2) is 0 Å². The van der Waals surface area contributed by atoms with Gasteiger partial charge in [-0.2, -0.15) is 0 Å². The van der Waals surface area contributed by atoms with E-state index < -0.39 is 11.9 Å². The van der Waals surface area contributed by atoms with Crippen molar-refractivity contribution in [3.63, 3.8) is 0 Å². The number of methoxy groups -OCH3 is 1. The summed E-state index contributed by atoms with van der Waals surface area (Å²) >= 11 is 0. The molecule has 25 heavy (non-hydrogen) atoms. The summed E-state index contributed by atoms with van der Waals surface area (Å²) in [6.45, 7) is 4.27. The third kappa shape index (κ3) is 3.50. The zero-order valence-electron chi connectivity index (χ0n) is 14.6. The van der Waals surface area contributed by atoms with Gasteiger partial charge in [0.2, 0.25) is 5.91 Å². The molecule has 0 spiro atoms. The Bertz CT molecular complexity index is 815. The predicted molar refractivity (Wildman–Crippen MR) is 95.0 cm³/mol. The minimum Gasteiger partial charge on any atom is -0.493 e. The number of aryl methyl sites for hydroxylation is 2. The fraction of sp³-hybridized carbons (Fsp3) is 0.300. The monoisotopic (exact) mass is 339 g/mol. The van der Waals surface area contributed by atoms with Crippen molar-refractivity contribution in [3.8, 4) is 11.5 Å². The molecule has 0 saturated carbocycles. The fourth-order valence-corrected chi connectivity index (χ4v) is 3.00. The zero-order chi connectivity index (χ0) is 18.0. The molecule has 1 fully saturated rings. The van der Waals surface area contributed by atoms with E-state index in [9.17, 15) is 9.59 Å². The Kier molecular flexibility index (Phi) is 4.74. The first-order chi connectivity index (χ1) is 12.0. The van der Waals surface area contributed by atoms with Crippen molar-refractivity contribution in [1.82, 2.24) is 0 Å². The van der Waals surface area contributed by atoms with Crippen LogP contribution < -0.4 is 14.4 Å². The van der Waals surface area contributed by atoms with Gasteiger partial charge in [-0.1, -0.05) is 24.3 Å². The number of carbonyl (C=O) groups is 2. The van der Waals surface area contributed by atoms with Gasteiger partial charge in [-0.05, 0) is 43.2 Å². The van der Waals surface area contributed by atoms with Gasteiger partial charge in [0.05, 0.1) is 13.0 Å². The molecule has 3 rings (SSSR count). The molecule has 0 N–H and O–H groups in total. The summed E-state index contributed by atoms with van der Waals surface area (Å²) in [6, 6.07) is 12.9. The van der Waals surface area contributed by atoms with E-state index in [2.05, 4.69) is 0 Å². The first-order valence-corrected chi connectivity index (χ1v) is 8.22. The highest BCUT2D eigenvalue weighted by Gasteiger charge is 2.37. The number of anilines is 1. The van der Waals surface area contributed by atoms with Gasteiger partial charge in [-0.15, -0.1) is 0 Å². The Labute approximate surface area is 147 Å². The van der Waals surface area contributed by atoms with E-state index >= 15 is 0 Å². The molecule has 0 radical (unpaired) electrons. The van der Waals surface area contributed by atoms with Crippen molar-refractivity contribution in [2.24, 2.45) is 5.92 Å². The minimum atomic E-state index is -0.489. The molecule has 1 heterocycles. The second kappa shape index (κ2) is 6.97. The third-order valence-electron chi connectivity index (χ3n) is 4.39. The molecule has 2 aromatic carbocycles. The summed E-state index contributed by atoms with van der Waals surface area (Å²) in [4.78, 5) is 26.6. The normalized spacial score (nSPS) is 16.8. The summed E-state index contributed by atoms with van der Waals surface area (Å²) in [5.74, 6) is -0.0992. The van der Waals surface area contributed by atoms with Crippen molar-refractivity contribution >= 4 is 17.6 Å². The summed E-state index contributed by atoms with van der Waals surface area (Å²) < 4.78 is 10.7. The average Bonchev–Trinajstić information content (AvgIpc) is 2.99. The summed E-state index contributed by atoms with van der Waals surface area (Å²) in [6.07, 6.45) is 0.154. The van der Waals surface area contributed by atoms with Gasteiger partial charge in [0.25, 0.3) is 0 Å². The molecule has 0 unspecified atom stereocenters. The molecule has 1 atom stereocenters. The van der Waals surface area contributed by atoms with Gasteiger partial charge in [0.15, 0.2) is 11.5 Å². The van der Waals surface area contributed by atoms with Gasteiger partial charge < -0.3 is 14.4 Å². The van der Waals surface area contributed by atoms with Crippen LogP contribution in [-0.4, -0.2) is 25.5 Å². The SMILES string of the molecule is COc1ccccc1OC(=O)[C@@H]1CC(=O)N(c2cc(C)ccc2C)C1. The van der Waals surface area contributed by atoms with Crippen LogP contribution in [0.3, 0.4) is 0 Å². The van der Waals surface area contributed by atoms with Crippen molar-refractivity contribution in [3.05, 3.63) is 53.6 Å². The number of ether oxygens (including phenoxy) is 2. The number of benzene rings is 2. The molecular formula is C20H21NO4. The maximum absolute atomic E-state index is 12.5. The Hall–Kier alpha value is -2.82. The van der Waals surface area contributed by atoms with E-state index in [1.807, 2.05) is 32.0 Å². The average molecular weight is 339 g/mol. The van der Waals surface area contributed by atoms with Crippen molar-refractivity contribution < 1.29 is 19.1 Å². The number of rotatable bonds is 4. The summed E-state index contributed by atoms with van der Waals surface area (Å²) in [7, 11) is 1.52. The molecular weight excluding hydrogens is 318 g/mol. The molecule has 1 aliphatic rings. The number of amides is 1. The van der Waals surface area contributed by atoms with E-state index in [0.29, 0.717) is 18.0 Å². The number of carbonyl (C=O) groups excluding carboxylic acids is 2. The molecule has 130 valence electrons. The lowest BCUT2D eigenvalue weighted by molar-refractivity contribution is -0.139. The quantitative estimate of drug-likeness (QED) is 0.634. The Morgan fingerprint density at radius 2 is 1.84 bits per heavy atom. The van der Waals surface area contributed by atoms with E-state index in [-0.39, 0.29) is 12.3 Å². The fourth-order valence-electron chi connectivity index (χ4n) is 3.00. The second-order valence-corrected chi connectivity index (χ2v) is 6.27. The van der Waals surface area contributed by atoms with Crippen LogP contribution in [-0.2, 0) is 9.59 Å². The Balaban J connectivity index is 1.76. The third-order valence-corrected chi connectivity index (χ3v) is 4.39. The maximum Gasteiger partial charge on any atom is 0.316 e. The first kappa shape index (κ1) is 17.0. The number of nitrogens with zero attached hydrogens (tertiary/aromatic N) is 1. The topological polar surface area (TPSA) is 55.8 Å². The molecule has 1 amide bonds. The number of para-hydroxylation sites is 2. The number of hydrogen-bond donors (Lipinski definition) is 0. The molecule has 5 nitrogen and oxygen atoms in total. The van der Waals surface area contributed by atoms with Crippen LogP contribution in [0.1, 0.15) is 17.5 Å². The van der Waals surface area contributed by atoms with E-state index in [4.69, 9.17) is 9.47 Å². The van der Waals surface area contributed by atoms with Gasteiger partial charge >= 0.3 is 5.97 Å². The Morgan fingerprint density at radius 3 is 2.56 bits per heavy atom. The van der Waals surface area contributed by atoms with Crippen molar-refractivity contribution in [2.45, 2.75) is 20.3 Å². The minimum absolute atomic E-state index is 0.0596. The lowest BCUT2D eigenvalue weighted by Gasteiger charge is -2.19. The summed E-state index contributed by atoms with van der Waals surface area (Å²) in [5, 5.41) is 0. The van der Waals surface area contributed by atoms with Gasteiger partial charge in [0.1, 0.15) is 0 Å². The molecule has 2 aromatic rings. The highest BCUT2D eigenvalue weighted by Crippen LogP contribution is 2.31. The van der Waals surface area contributed by atoms with Crippen LogP contribution in [0.5, 0.6) is 11.5 Å². The van der Waals surface area contributed by atoms with E-state index in [1.165, 1.54) is 7.11 Å². The van der Waals surface area contributed by atoms with E-state index in [0.717, 1.165) is 16.8 Å². The first-order valence-electron chi connectivity index (χ1n) is 8.22. The van der Waals surface area contributed by atoms with Crippen LogP contribution in [0.25, 0.3) is 0 Å². The van der Waals surface area contributed by atoms with Crippen molar-refractivity contribution in [1.29, 1.82) is 0 Å². The van der Waals surface area contributed by atoms with Crippen molar-refractivity contribution in [2.75, 3.05) is 18.6 Å². The van der Waals surface area contributed by atoms with E-state index in [1.54, 1.807) is 29.2 Å². The van der Waals surface area contributed by atoms with Crippen LogP contribution in [0.15, 0.2) is 42.5 Å².